The third kappa shape index (κ3) is 3.89. The van der Waals surface area contributed by atoms with Gasteiger partial charge in [0.25, 0.3) is 0 Å². The van der Waals surface area contributed by atoms with Gasteiger partial charge in [-0.2, -0.15) is 5.26 Å². The van der Waals surface area contributed by atoms with Crippen LogP contribution < -0.4 is 0 Å². The average molecular weight is 216 g/mol. The van der Waals surface area contributed by atoms with Gasteiger partial charge in [0.15, 0.2) is 0 Å². The highest BCUT2D eigenvalue weighted by Crippen LogP contribution is 2.41. The van der Waals surface area contributed by atoms with E-state index < -0.39 is 8.30 Å². The molecule has 0 aromatic rings. The summed E-state index contributed by atoms with van der Waals surface area (Å²) in [6, 6.07) is 2.09. The van der Waals surface area contributed by atoms with Crippen LogP contribution in [0.15, 0.2) is 0 Å². The number of nitriles is 1. The Morgan fingerprint density at radius 1 is 1.50 bits per heavy atom. The van der Waals surface area contributed by atoms with Crippen molar-refractivity contribution in [1.82, 2.24) is 4.67 Å². The van der Waals surface area contributed by atoms with Crippen molar-refractivity contribution in [3.05, 3.63) is 0 Å². The smallest absolute Gasteiger partial charge is 0.104 e. The summed E-state index contributed by atoms with van der Waals surface area (Å²) >= 11 is 0. The van der Waals surface area contributed by atoms with E-state index in [4.69, 9.17) is 14.5 Å². The van der Waals surface area contributed by atoms with Crippen LogP contribution in [0.1, 0.15) is 13.3 Å². The van der Waals surface area contributed by atoms with Crippen LogP contribution in [0.25, 0.3) is 0 Å². The van der Waals surface area contributed by atoms with E-state index in [1.807, 2.05) is 0 Å². The van der Waals surface area contributed by atoms with Crippen LogP contribution in [-0.2, 0) is 9.26 Å². The van der Waals surface area contributed by atoms with Gasteiger partial charge in [-0.15, -0.1) is 0 Å². The molecule has 1 atom stereocenters. The number of rotatable bonds is 5. The maximum atomic E-state index is 8.41. The van der Waals surface area contributed by atoms with Crippen molar-refractivity contribution in [3.8, 4) is 6.07 Å². The van der Waals surface area contributed by atoms with Crippen LogP contribution in [0.5, 0.6) is 0 Å². The molecule has 14 heavy (non-hydrogen) atoms. The zero-order chi connectivity index (χ0) is 10.2. The van der Waals surface area contributed by atoms with E-state index in [1.54, 1.807) is 0 Å². The van der Waals surface area contributed by atoms with Crippen LogP contribution in [-0.4, -0.2) is 43.7 Å². The fourth-order valence-corrected chi connectivity index (χ4v) is 3.00. The zero-order valence-corrected chi connectivity index (χ0v) is 9.50. The average Bonchev–Trinajstić information content (AvgIpc) is 2.26. The van der Waals surface area contributed by atoms with Crippen molar-refractivity contribution in [2.45, 2.75) is 13.3 Å². The lowest BCUT2D eigenvalue weighted by Gasteiger charge is -2.32. The molecule has 1 saturated heterocycles. The van der Waals surface area contributed by atoms with E-state index in [2.05, 4.69) is 17.7 Å². The van der Waals surface area contributed by atoms with Gasteiger partial charge in [0.1, 0.15) is 8.30 Å². The molecular formula is C9H17N2O2P. The summed E-state index contributed by atoms with van der Waals surface area (Å²) in [5, 5.41) is 8.41. The Hall–Kier alpha value is -0.200. The molecule has 1 unspecified atom stereocenters. The van der Waals surface area contributed by atoms with E-state index in [9.17, 15) is 0 Å². The standard InChI is InChI=1S/C9H17N2O2P/c1-2-14(13-7-3-4-10)11-5-8-12-9-6-11/h2-3,5-9H2,1H3. The van der Waals surface area contributed by atoms with Gasteiger partial charge < -0.3 is 9.26 Å². The molecule has 1 fully saturated rings. The second-order valence-electron chi connectivity index (χ2n) is 2.98. The van der Waals surface area contributed by atoms with Crippen molar-refractivity contribution in [3.63, 3.8) is 0 Å². The van der Waals surface area contributed by atoms with Crippen LogP contribution in [0, 0.1) is 11.3 Å². The minimum Gasteiger partial charge on any atom is -0.379 e. The number of morpholine rings is 1. The highest BCUT2D eigenvalue weighted by molar-refractivity contribution is 7.49. The molecule has 5 heteroatoms. The number of hydrogen-bond acceptors (Lipinski definition) is 4. The Morgan fingerprint density at radius 2 is 2.21 bits per heavy atom. The van der Waals surface area contributed by atoms with Crippen molar-refractivity contribution in [1.29, 1.82) is 5.26 Å². The van der Waals surface area contributed by atoms with E-state index in [-0.39, 0.29) is 0 Å². The van der Waals surface area contributed by atoms with Crippen LogP contribution >= 0.6 is 8.30 Å². The Bertz CT molecular complexity index is 190. The fraction of sp³-hybridized carbons (Fsp3) is 0.889. The van der Waals surface area contributed by atoms with Gasteiger partial charge in [0, 0.05) is 19.3 Å². The molecule has 4 nitrogen and oxygen atoms in total. The molecule has 0 saturated carbocycles. The molecule has 0 bridgehead atoms. The lowest BCUT2D eigenvalue weighted by molar-refractivity contribution is 0.0698. The van der Waals surface area contributed by atoms with Gasteiger partial charge in [0.05, 0.1) is 32.3 Å². The molecule has 0 aromatic carbocycles. The molecule has 80 valence electrons. The Balaban J connectivity index is 2.25. The Morgan fingerprint density at radius 3 is 2.79 bits per heavy atom. The zero-order valence-electron chi connectivity index (χ0n) is 8.61. The summed E-state index contributed by atoms with van der Waals surface area (Å²) in [5.74, 6) is 0. The summed E-state index contributed by atoms with van der Waals surface area (Å²) in [4.78, 5) is 0. The molecule has 0 amide bonds. The molecule has 1 aliphatic rings. The largest absolute Gasteiger partial charge is 0.379 e. The molecule has 0 aliphatic carbocycles. The number of ether oxygens (including phenoxy) is 1. The Labute approximate surface area is 86.7 Å². The summed E-state index contributed by atoms with van der Waals surface area (Å²) in [5.41, 5.74) is 0. The summed E-state index contributed by atoms with van der Waals surface area (Å²) in [6.45, 7) is 6.24. The van der Waals surface area contributed by atoms with Gasteiger partial charge >= 0.3 is 0 Å². The van der Waals surface area contributed by atoms with E-state index in [0.717, 1.165) is 32.5 Å². The van der Waals surface area contributed by atoms with Crippen LogP contribution in [0.3, 0.4) is 0 Å². The maximum absolute atomic E-state index is 8.41. The predicted molar refractivity (Wildman–Crippen MR) is 56.0 cm³/mol. The maximum Gasteiger partial charge on any atom is 0.104 e. The minimum absolute atomic E-state index is 0.486. The molecule has 0 N–H and O–H groups in total. The second-order valence-corrected chi connectivity index (χ2v) is 5.14. The van der Waals surface area contributed by atoms with Crippen molar-refractivity contribution >= 4 is 8.30 Å². The first kappa shape index (κ1) is 11.9. The number of hydrogen-bond donors (Lipinski definition) is 0. The normalized spacial score (nSPS) is 20.3. The van der Waals surface area contributed by atoms with Crippen LogP contribution in [0.2, 0.25) is 0 Å². The van der Waals surface area contributed by atoms with Crippen molar-refractivity contribution < 1.29 is 9.26 Å². The van der Waals surface area contributed by atoms with Gasteiger partial charge in [-0.25, -0.2) is 0 Å². The topological polar surface area (TPSA) is 45.5 Å². The summed E-state index contributed by atoms with van der Waals surface area (Å²) < 4.78 is 13.3. The van der Waals surface area contributed by atoms with E-state index in [0.29, 0.717) is 13.0 Å². The minimum atomic E-state index is -0.486. The van der Waals surface area contributed by atoms with Crippen molar-refractivity contribution in [2.75, 3.05) is 39.1 Å². The van der Waals surface area contributed by atoms with E-state index >= 15 is 0 Å². The lowest BCUT2D eigenvalue weighted by Crippen LogP contribution is -2.33. The fourth-order valence-electron chi connectivity index (χ4n) is 1.35. The quantitative estimate of drug-likeness (QED) is 0.517. The molecule has 0 radical (unpaired) electrons. The van der Waals surface area contributed by atoms with Gasteiger partial charge in [0.2, 0.25) is 0 Å². The molecule has 1 heterocycles. The monoisotopic (exact) mass is 216 g/mol. The SMILES string of the molecule is CCP(OCCC#N)N1CCOCC1. The van der Waals surface area contributed by atoms with E-state index in [1.165, 1.54) is 0 Å². The number of nitrogens with zero attached hydrogens (tertiary/aromatic N) is 2. The third-order valence-electron chi connectivity index (χ3n) is 2.03. The second kappa shape index (κ2) is 7.14. The third-order valence-corrected chi connectivity index (χ3v) is 4.08. The Kier molecular flexibility index (Phi) is 6.05. The molecule has 1 rings (SSSR count). The molecule has 0 aromatic heterocycles. The first-order valence-corrected chi connectivity index (χ1v) is 6.38. The van der Waals surface area contributed by atoms with Gasteiger partial charge in [-0.05, 0) is 0 Å². The van der Waals surface area contributed by atoms with Crippen LogP contribution in [0.4, 0.5) is 0 Å². The highest BCUT2D eigenvalue weighted by atomic mass is 31.2. The summed E-state index contributed by atoms with van der Waals surface area (Å²) in [7, 11) is -0.486. The molecule has 1 aliphatic heterocycles. The van der Waals surface area contributed by atoms with Gasteiger partial charge in [-0.1, -0.05) is 6.92 Å². The predicted octanol–water partition coefficient (Wildman–Crippen LogP) is 1.58. The summed E-state index contributed by atoms with van der Waals surface area (Å²) in [6.07, 6.45) is 1.52. The lowest BCUT2D eigenvalue weighted by atomic mass is 10.5. The highest BCUT2D eigenvalue weighted by Gasteiger charge is 2.19. The molecule has 0 spiro atoms. The first-order valence-electron chi connectivity index (χ1n) is 4.98. The van der Waals surface area contributed by atoms with Gasteiger partial charge in [-0.3, -0.25) is 4.67 Å². The first-order chi connectivity index (χ1) is 6.88. The van der Waals surface area contributed by atoms with Crippen molar-refractivity contribution in [2.24, 2.45) is 0 Å². The molecular weight excluding hydrogens is 199 g/mol.